The zero-order valence-electron chi connectivity index (χ0n) is 25.1. The Hall–Kier alpha value is -2.62. The number of carbonyl (C=O) groups is 2. The molecule has 2 N–H and O–H groups in total. The van der Waals surface area contributed by atoms with Gasteiger partial charge >= 0.3 is 11.9 Å². The standard InChI is InChI=1S/C35H50O4/c1-23(2)9-7-11-25(5)17-19-35(20-18-26(6)12-8-10-24(3)4)31-21-27(33(36)37)13-15-29(31)30-16-14-28(34(38)39)22-32(30)35/h13-16,21-26H,7-12,17-20H2,1-6H3,(H,36,37)(H,38,39). The molecular weight excluding hydrogens is 484 g/mol. The van der Waals surface area contributed by atoms with Crippen LogP contribution in [-0.4, -0.2) is 22.2 Å². The first-order valence-corrected chi connectivity index (χ1v) is 15.2. The Balaban J connectivity index is 2.02. The second kappa shape index (κ2) is 13.6. The van der Waals surface area contributed by atoms with Gasteiger partial charge in [-0.15, -0.1) is 0 Å². The van der Waals surface area contributed by atoms with Crippen molar-refractivity contribution < 1.29 is 19.8 Å². The summed E-state index contributed by atoms with van der Waals surface area (Å²) in [5, 5.41) is 19.7. The van der Waals surface area contributed by atoms with E-state index in [9.17, 15) is 19.8 Å². The molecule has 0 aliphatic heterocycles. The van der Waals surface area contributed by atoms with E-state index in [1.54, 1.807) is 12.1 Å². The Labute approximate surface area is 236 Å². The molecule has 0 saturated heterocycles. The van der Waals surface area contributed by atoms with E-state index in [2.05, 4.69) is 41.5 Å². The molecule has 39 heavy (non-hydrogen) atoms. The van der Waals surface area contributed by atoms with E-state index >= 15 is 0 Å². The van der Waals surface area contributed by atoms with Crippen molar-refractivity contribution in [3.8, 4) is 11.1 Å². The van der Waals surface area contributed by atoms with Gasteiger partial charge in [-0.1, -0.05) is 92.2 Å². The van der Waals surface area contributed by atoms with Crippen molar-refractivity contribution in [3.05, 3.63) is 58.7 Å². The number of aromatic carboxylic acids is 2. The van der Waals surface area contributed by atoms with Crippen molar-refractivity contribution in [2.24, 2.45) is 23.7 Å². The lowest BCUT2D eigenvalue weighted by atomic mass is 9.68. The lowest BCUT2D eigenvalue weighted by Gasteiger charge is -2.35. The summed E-state index contributed by atoms with van der Waals surface area (Å²) in [6.45, 7) is 13.8. The van der Waals surface area contributed by atoms with Gasteiger partial charge in [0.1, 0.15) is 0 Å². The monoisotopic (exact) mass is 534 g/mol. The molecule has 1 aliphatic rings. The summed E-state index contributed by atoms with van der Waals surface area (Å²) in [5.41, 5.74) is 4.50. The molecule has 4 heteroatoms. The Morgan fingerprint density at radius 3 is 1.33 bits per heavy atom. The molecule has 214 valence electrons. The topological polar surface area (TPSA) is 74.6 Å². The van der Waals surface area contributed by atoms with Crippen molar-refractivity contribution in [1.82, 2.24) is 0 Å². The molecule has 2 unspecified atom stereocenters. The summed E-state index contributed by atoms with van der Waals surface area (Å²) in [5.74, 6) is 0.691. The second-order valence-electron chi connectivity index (χ2n) is 13.2. The zero-order valence-corrected chi connectivity index (χ0v) is 25.1. The minimum atomic E-state index is -0.919. The second-order valence-corrected chi connectivity index (χ2v) is 13.2. The highest BCUT2D eigenvalue weighted by atomic mass is 16.4. The van der Waals surface area contributed by atoms with Gasteiger partial charge in [0, 0.05) is 5.41 Å². The van der Waals surface area contributed by atoms with E-state index in [-0.39, 0.29) is 5.41 Å². The normalized spacial score (nSPS) is 15.3. The van der Waals surface area contributed by atoms with Crippen LogP contribution in [0.15, 0.2) is 36.4 Å². The fraction of sp³-hybridized carbons (Fsp3) is 0.600. The maximum atomic E-state index is 12.0. The predicted molar refractivity (Wildman–Crippen MR) is 161 cm³/mol. The van der Waals surface area contributed by atoms with Crippen molar-refractivity contribution in [2.45, 2.75) is 111 Å². The molecule has 0 radical (unpaired) electrons. The summed E-state index contributed by atoms with van der Waals surface area (Å²) in [7, 11) is 0. The number of carboxylic acids is 2. The van der Waals surface area contributed by atoms with Gasteiger partial charge in [0.2, 0.25) is 0 Å². The number of rotatable bonds is 16. The molecular formula is C35H50O4. The van der Waals surface area contributed by atoms with E-state index in [4.69, 9.17) is 0 Å². The van der Waals surface area contributed by atoms with Crippen LogP contribution in [0.3, 0.4) is 0 Å². The Kier molecular flexibility index (Phi) is 10.8. The van der Waals surface area contributed by atoms with E-state index in [1.807, 2.05) is 24.3 Å². The molecule has 4 nitrogen and oxygen atoms in total. The average molecular weight is 535 g/mol. The van der Waals surface area contributed by atoms with Crippen LogP contribution in [-0.2, 0) is 5.41 Å². The fourth-order valence-electron chi connectivity index (χ4n) is 6.45. The van der Waals surface area contributed by atoms with Crippen LogP contribution in [0.5, 0.6) is 0 Å². The van der Waals surface area contributed by atoms with E-state index < -0.39 is 11.9 Å². The average Bonchev–Trinajstić information content (AvgIpc) is 3.14. The number of benzene rings is 2. The van der Waals surface area contributed by atoms with Crippen molar-refractivity contribution >= 4 is 11.9 Å². The molecule has 0 fully saturated rings. The lowest BCUT2D eigenvalue weighted by molar-refractivity contribution is 0.0686. The highest BCUT2D eigenvalue weighted by Gasteiger charge is 2.43. The fourth-order valence-corrected chi connectivity index (χ4v) is 6.45. The molecule has 2 aromatic carbocycles. The van der Waals surface area contributed by atoms with E-state index in [0.29, 0.717) is 34.8 Å². The third kappa shape index (κ3) is 7.74. The van der Waals surface area contributed by atoms with E-state index in [1.165, 1.54) is 38.5 Å². The first kappa shape index (κ1) is 30.9. The third-order valence-electron chi connectivity index (χ3n) is 8.94. The number of hydrogen-bond donors (Lipinski definition) is 2. The summed E-state index contributed by atoms with van der Waals surface area (Å²) in [4.78, 5) is 24.1. The van der Waals surface area contributed by atoms with Crippen LogP contribution in [0.4, 0.5) is 0 Å². The molecule has 0 saturated carbocycles. The maximum absolute atomic E-state index is 12.0. The van der Waals surface area contributed by atoms with Gasteiger partial charge in [0.05, 0.1) is 11.1 Å². The zero-order chi connectivity index (χ0) is 28.7. The van der Waals surface area contributed by atoms with Gasteiger partial charge in [-0.3, -0.25) is 0 Å². The van der Waals surface area contributed by atoms with Crippen molar-refractivity contribution in [1.29, 1.82) is 0 Å². The van der Waals surface area contributed by atoms with E-state index in [0.717, 1.165) is 47.9 Å². The number of fused-ring (bicyclic) bond motifs is 3. The first-order chi connectivity index (χ1) is 18.4. The minimum absolute atomic E-state index is 0.305. The van der Waals surface area contributed by atoms with Crippen LogP contribution >= 0.6 is 0 Å². The number of hydrogen-bond acceptors (Lipinski definition) is 2. The lowest BCUT2D eigenvalue weighted by Crippen LogP contribution is -2.28. The Morgan fingerprint density at radius 2 is 1.00 bits per heavy atom. The predicted octanol–water partition coefficient (Wildman–Crippen LogP) is 9.83. The van der Waals surface area contributed by atoms with Crippen LogP contribution in [0.2, 0.25) is 0 Å². The molecule has 0 bridgehead atoms. The van der Waals surface area contributed by atoms with Gasteiger partial charge in [0.25, 0.3) is 0 Å². The Bertz CT molecular complexity index is 1040. The first-order valence-electron chi connectivity index (χ1n) is 15.2. The molecule has 0 amide bonds. The smallest absolute Gasteiger partial charge is 0.335 e. The van der Waals surface area contributed by atoms with Crippen LogP contribution in [0, 0.1) is 23.7 Å². The summed E-state index contributed by atoms with van der Waals surface area (Å²) >= 11 is 0. The molecule has 3 rings (SSSR count). The summed E-state index contributed by atoms with van der Waals surface area (Å²) in [6, 6.07) is 11.0. The van der Waals surface area contributed by atoms with Crippen LogP contribution < -0.4 is 0 Å². The van der Waals surface area contributed by atoms with Gasteiger partial charge in [0.15, 0.2) is 0 Å². The molecule has 1 aliphatic carbocycles. The molecule has 2 aromatic rings. The van der Waals surface area contributed by atoms with Crippen LogP contribution in [0.1, 0.15) is 138 Å². The summed E-state index contributed by atoms with van der Waals surface area (Å²) < 4.78 is 0. The van der Waals surface area contributed by atoms with Gasteiger partial charge in [-0.2, -0.15) is 0 Å². The van der Waals surface area contributed by atoms with Crippen molar-refractivity contribution in [3.63, 3.8) is 0 Å². The number of carboxylic acid groups (broad SMARTS) is 2. The minimum Gasteiger partial charge on any atom is -0.478 e. The SMILES string of the molecule is CC(C)CCCC(C)CCC1(CCC(C)CCCC(C)C)c2cc(C(=O)O)ccc2-c2ccc(C(=O)O)cc21. The Morgan fingerprint density at radius 1 is 0.615 bits per heavy atom. The molecule has 0 spiro atoms. The highest BCUT2D eigenvalue weighted by Crippen LogP contribution is 2.55. The van der Waals surface area contributed by atoms with Crippen LogP contribution in [0.25, 0.3) is 11.1 Å². The molecule has 2 atom stereocenters. The van der Waals surface area contributed by atoms with Crippen molar-refractivity contribution in [2.75, 3.05) is 0 Å². The summed E-state index contributed by atoms with van der Waals surface area (Å²) in [6.07, 6.45) is 11.2. The largest absolute Gasteiger partial charge is 0.478 e. The maximum Gasteiger partial charge on any atom is 0.335 e. The highest BCUT2D eigenvalue weighted by molar-refractivity contribution is 5.93. The molecule has 0 heterocycles. The van der Waals surface area contributed by atoms with Gasteiger partial charge in [-0.05, 0) is 95.9 Å². The third-order valence-corrected chi connectivity index (χ3v) is 8.94. The van der Waals surface area contributed by atoms with Gasteiger partial charge < -0.3 is 10.2 Å². The molecule has 0 aromatic heterocycles. The van der Waals surface area contributed by atoms with Gasteiger partial charge in [-0.25, -0.2) is 9.59 Å². The quantitative estimate of drug-likeness (QED) is 0.225.